The van der Waals surface area contributed by atoms with Gasteiger partial charge in [0.05, 0.1) is 6.61 Å². The molecule has 0 radical (unpaired) electrons. The molecule has 0 unspecified atom stereocenters. The summed E-state index contributed by atoms with van der Waals surface area (Å²) in [6.45, 7) is -0.456. The summed E-state index contributed by atoms with van der Waals surface area (Å²) in [4.78, 5) is 4.10. The lowest BCUT2D eigenvalue weighted by atomic mass is 10.2. The van der Waals surface area contributed by atoms with Crippen molar-refractivity contribution < 1.29 is 18.0 Å². The Morgan fingerprint density at radius 1 is 1.33 bits per heavy atom. The van der Waals surface area contributed by atoms with Gasteiger partial charge in [-0.3, -0.25) is 0 Å². The second kappa shape index (κ2) is 7.49. The summed E-state index contributed by atoms with van der Waals surface area (Å²) in [5.41, 5.74) is 7.25. The van der Waals surface area contributed by atoms with Crippen LogP contribution < -0.4 is 5.73 Å². The van der Waals surface area contributed by atoms with E-state index in [9.17, 15) is 8.78 Å². The molecule has 0 saturated carbocycles. The molecule has 21 heavy (non-hydrogen) atoms. The maximum Gasteiger partial charge on any atom is 0.261 e. The number of halogens is 2. The van der Waals surface area contributed by atoms with E-state index >= 15 is 0 Å². The Bertz CT molecular complexity index is 599. The fraction of sp³-hybridized carbons (Fsp3) is 0.286. The SMILES string of the molecule is Nc1cccc(/C=C/c2nc(CCOCC(F)F)no2)c1. The van der Waals surface area contributed by atoms with Crippen LogP contribution in [0.25, 0.3) is 12.2 Å². The van der Waals surface area contributed by atoms with Crippen LogP contribution in [0, 0.1) is 0 Å². The predicted octanol–water partition coefficient (Wildman–Crippen LogP) is 2.65. The summed E-state index contributed by atoms with van der Waals surface area (Å²) in [7, 11) is 0. The lowest BCUT2D eigenvalue weighted by molar-refractivity contribution is 0.0182. The molecule has 1 aromatic heterocycles. The first-order valence-electron chi connectivity index (χ1n) is 6.35. The van der Waals surface area contributed by atoms with E-state index < -0.39 is 13.0 Å². The number of alkyl halides is 2. The first kappa shape index (κ1) is 15.1. The first-order chi connectivity index (χ1) is 10.1. The fourth-order valence-corrected chi connectivity index (χ4v) is 1.60. The van der Waals surface area contributed by atoms with Gasteiger partial charge in [0.2, 0.25) is 0 Å². The normalized spacial score (nSPS) is 11.6. The molecule has 2 rings (SSSR count). The zero-order valence-corrected chi connectivity index (χ0v) is 11.2. The van der Waals surface area contributed by atoms with Crippen LogP contribution in [-0.4, -0.2) is 29.8 Å². The van der Waals surface area contributed by atoms with Crippen molar-refractivity contribution in [2.24, 2.45) is 0 Å². The molecule has 0 aliphatic heterocycles. The van der Waals surface area contributed by atoms with Gasteiger partial charge >= 0.3 is 0 Å². The number of hydrogen-bond donors (Lipinski definition) is 1. The van der Waals surface area contributed by atoms with Gasteiger partial charge in [-0.15, -0.1) is 0 Å². The number of aromatic nitrogens is 2. The lowest BCUT2D eigenvalue weighted by Crippen LogP contribution is -2.07. The van der Waals surface area contributed by atoms with Crippen LogP contribution in [-0.2, 0) is 11.2 Å². The number of ether oxygens (including phenoxy) is 1. The van der Waals surface area contributed by atoms with Crippen molar-refractivity contribution in [1.82, 2.24) is 10.1 Å². The Morgan fingerprint density at radius 3 is 2.95 bits per heavy atom. The molecule has 0 aliphatic rings. The number of nitrogens with two attached hydrogens (primary N) is 1. The molecule has 0 spiro atoms. The largest absolute Gasteiger partial charge is 0.399 e. The Labute approximate surface area is 120 Å². The van der Waals surface area contributed by atoms with Crippen LogP contribution in [0.15, 0.2) is 28.8 Å². The van der Waals surface area contributed by atoms with Crippen molar-refractivity contribution in [1.29, 1.82) is 0 Å². The minimum absolute atomic E-state index is 0.127. The van der Waals surface area contributed by atoms with Gasteiger partial charge in [-0.2, -0.15) is 4.98 Å². The summed E-state index contributed by atoms with van der Waals surface area (Å²) in [6, 6.07) is 7.34. The quantitative estimate of drug-likeness (QED) is 0.628. The van der Waals surface area contributed by atoms with Crippen molar-refractivity contribution in [2.75, 3.05) is 18.9 Å². The number of nitrogens with zero attached hydrogens (tertiary/aromatic N) is 2. The Balaban J connectivity index is 1.85. The molecule has 1 aromatic carbocycles. The predicted molar refractivity (Wildman–Crippen MR) is 74.6 cm³/mol. The molecule has 0 amide bonds. The van der Waals surface area contributed by atoms with Gasteiger partial charge in [0.15, 0.2) is 5.82 Å². The van der Waals surface area contributed by atoms with Crippen LogP contribution in [0.4, 0.5) is 14.5 Å². The van der Waals surface area contributed by atoms with E-state index in [1.54, 1.807) is 18.2 Å². The zero-order chi connectivity index (χ0) is 15.1. The summed E-state index contributed by atoms with van der Waals surface area (Å²) >= 11 is 0. The van der Waals surface area contributed by atoms with Gasteiger partial charge in [-0.05, 0) is 23.8 Å². The van der Waals surface area contributed by atoms with E-state index in [0.717, 1.165) is 5.56 Å². The molecule has 0 aliphatic carbocycles. The Kier molecular flexibility index (Phi) is 5.39. The molecule has 5 nitrogen and oxygen atoms in total. The van der Waals surface area contributed by atoms with Crippen LogP contribution >= 0.6 is 0 Å². The molecular formula is C14H15F2N3O2. The van der Waals surface area contributed by atoms with E-state index in [-0.39, 0.29) is 6.61 Å². The van der Waals surface area contributed by atoms with E-state index in [4.69, 9.17) is 15.0 Å². The van der Waals surface area contributed by atoms with Crippen LogP contribution in [0.2, 0.25) is 0 Å². The second-order valence-electron chi connectivity index (χ2n) is 4.27. The molecule has 2 N–H and O–H groups in total. The Hall–Kier alpha value is -2.28. The van der Waals surface area contributed by atoms with Crippen molar-refractivity contribution in [3.8, 4) is 0 Å². The van der Waals surface area contributed by atoms with Gasteiger partial charge < -0.3 is 15.0 Å². The van der Waals surface area contributed by atoms with Gasteiger partial charge in [-0.1, -0.05) is 17.3 Å². The smallest absolute Gasteiger partial charge is 0.261 e. The van der Waals surface area contributed by atoms with Crippen LogP contribution in [0.1, 0.15) is 17.3 Å². The molecule has 2 aromatic rings. The first-order valence-corrected chi connectivity index (χ1v) is 6.35. The van der Waals surface area contributed by atoms with Gasteiger partial charge in [-0.25, -0.2) is 8.78 Å². The molecule has 0 fully saturated rings. The van der Waals surface area contributed by atoms with E-state index in [1.807, 2.05) is 18.2 Å². The van der Waals surface area contributed by atoms with Gasteiger partial charge in [0.1, 0.15) is 6.61 Å². The third-order valence-electron chi connectivity index (χ3n) is 2.53. The summed E-state index contributed by atoms with van der Waals surface area (Å²) in [6.07, 6.45) is 1.31. The number of rotatable bonds is 7. The number of anilines is 1. The molecule has 0 saturated heterocycles. The van der Waals surface area contributed by atoms with E-state index in [0.29, 0.717) is 23.8 Å². The molecule has 1 heterocycles. The van der Waals surface area contributed by atoms with Crippen molar-refractivity contribution in [2.45, 2.75) is 12.8 Å². The van der Waals surface area contributed by atoms with Crippen LogP contribution in [0.5, 0.6) is 0 Å². The second-order valence-corrected chi connectivity index (χ2v) is 4.27. The minimum atomic E-state index is -2.47. The highest BCUT2D eigenvalue weighted by atomic mass is 19.3. The zero-order valence-electron chi connectivity index (χ0n) is 11.2. The number of nitrogen functional groups attached to an aromatic ring is 1. The highest BCUT2D eigenvalue weighted by molar-refractivity contribution is 5.67. The maximum atomic E-state index is 11.9. The standard InChI is InChI=1S/C14H15F2N3O2/c15-12(16)9-20-7-6-13-18-14(21-19-13)5-4-10-2-1-3-11(17)8-10/h1-5,8,12H,6-7,9,17H2/b5-4+. The van der Waals surface area contributed by atoms with Crippen molar-refractivity contribution in [3.63, 3.8) is 0 Å². The fourth-order valence-electron chi connectivity index (χ4n) is 1.60. The maximum absolute atomic E-state index is 11.9. The third kappa shape index (κ3) is 5.31. The highest BCUT2D eigenvalue weighted by Crippen LogP contribution is 2.10. The lowest BCUT2D eigenvalue weighted by Gasteiger charge is -1.99. The average Bonchev–Trinajstić information content (AvgIpc) is 2.89. The highest BCUT2D eigenvalue weighted by Gasteiger charge is 2.05. The van der Waals surface area contributed by atoms with Gasteiger partial charge in [0.25, 0.3) is 12.3 Å². The topological polar surface area (TPSA) is 74.2 Å². The van der Waals surface area contributed by atoms with Crippen LogP contribution in [0.3, 0.4) is 0 Å². The van der Waals surface area contributed by atoms with Crippen molar-refractivity contribution in [3.05, 3.63) is 41.5 Å². The minimum Gasteiger partial charge on any atom is -0.399 e. The van der Waals surface area contributed by atoms with Crippen molar-refractivity contribution >= 4 is 17.8 Å². The molecule has 7 heteroatoms. The number of benzene rings is 1. The van der Waals surface area contributed by atoms with Gasteiger partial charge in [0, 0.05) is 18.2 Å². The molecule has 0 atom stereocenters. The summed E-state index contributed by atoms with van der Waals surface area (Å²) < 4.78 is 33.5. The summed E-state index contributed by atoms with van der Waals surface area (Å²) in [5, 5.41) is 3.73. The van der Waals surface area contributed by atoms with E-state index in [2.05, 4.69) is 10.1 Å². The molecule has 0 bridgehead atoms. The third-order valence-corrected chi connectivity index (χ3v) is 2.53. The van der Waals surface area contributed by atoms with E-state index in [1.165, 1.54) is 0 Å². The monoisotopic (exact) mass is 295 g/mol. The molecule has 112 valence electrons. The average molecular weight is 295 g/mol. The number of hydrogen-bond acceptors (Lipinski definition) is 5. The Morgan fingerprint density at radius 2 is 2.19 bits per heavy atom. The summed E-state index contributed by atoms with van der Waals surface area (Å²) in [5.74, 6) is 0.748. The molecular weight excluding hydrogens is 280 g/mol.